The Morgan fingerprint density at radius 3 is 2.93 bits per heavy atom. The quantitative estimate of drug-likeness (QED) is 0.454. The average Bonchev–Trinajstić information content (AvgIpc) is 2.49. The Kier molecular flexibility index (Phi) is 2.45. The van der Waals surface area contributed by atoms with E-state index in [-0.39, 0.29) is 5.75 Å². The molecule has 2 rings (SSSR count). The molecule has 0 bridgehead atoms. The number of carbonyl (C=O) groups excluding carboxylic acids is 2. The number of imide groups is 1. The molecule has 1 fully saturated rings. The maximum absolute atomic E-state index is 11.6. The van der Waals surface area contributed by atoms with Crippen LogP contribution in [0, 0.1) is 0 Å². The van der Waals surface area contributed by atoms with E-state index in [4.69, 9.17) is 0 Å². The van der Waals surface area contributed by atoms with Gasteiger partial charge in [0.25, 0.3) is 11.8 Å². The van der Waals surface area contributed by atoms with Crippen LogP contribution < -0.4 is 5.32 Å². The second-order valence-electron chi connectivity index (χ2n) is 3.13. The van der Waals surface area contributed by atoms with Crippen molar-refractivity contribution in [2.24, 2.45) is 7.05 Å². The zero-order valence-electron chi connectivity index (χ0n) is 7.84. The molecule has 2 heterocycles. The van der Waals surface area contributed by atoms with E-state index in [2.05, 4.69) is 15.6 Å². The molecule has 2 atom stereocenters. The van der Waals surface area contributed by atoms with Gasteiger partial charge < -0.3 is 4.55 Å². The van der Waals surface area contributed by atoms with Gasteiger partial charge in [-0.05, 0) is 11.2 Å². The first kappa shape index (κ1) is 10.1. The summed E-state index contributed by atoms with van der Waals surface area (Å²) in [5, 5.41) is 8.59. The molecule has 8 heteroatoms. The third-order valence-corrected chi connectivity index (χ3v) is 3.45. The zero-order chi connectivity index (χ0) is 11.0. The molecule has 7 nitrogen and oxygen atoms in total. The fraction of sp³-hybridized carbons (Fsp3) is 0.429. The molecule has 1 aromatic rings. The van der Waals surface area contributed by atoms with Crippen molar-refractivity contribution in [2.75, 3.05) is 5.75 Å². The van der Waals surface area contributed by atoms with Crippen LogP contribution in [0.1, 0.15) is 10.9 Å². The lowest BCUT2D eigenvalue weighted by Crippen LogP contribution is -2.47. The number of aryl methyl sites for hydroxylation is 1. The third kappa shape index (κ3) is 1.85. The highest BCUT2D eigenvalue weighted by Crippen LogP contribution is 2.23. The molecule has 0 aliphatic carbocycles. The molecular weight excluding hydrogens is 220 g/mol. The molecule has 1 aliphatic heterocycles. The van der Waals surface area contributed by atoms with Gasteiger partial charge in [0.1, 0.15) is 5.69 Å². The van der Waals surface area contributed by atoms with Crippen molar-refractivity contribution in [3.8, 4) is 0 Å². The van der Waals surface area contributed by atoms with Crippen LogP contribution in [0.5, 0.6) is 0 Å². The molecule has 0 saturated carbocycles. The molecule has 2 amide bonds. The van der Waals surface area contributed by atoms with Crippen molar-refractivity contribution >= 4 is 23.0 Å². The summed E-state index contributed by atoms with van der Waals surface area (Å²) in [6.07, 6.45) is 1.51. The molecule has 0 spiro atoms. The summed E-state index contributed by atoms with van der Waals surface area (Å²) >= 11 is -1.55. The highest BCUT2D eigenvalue weighted by molar-refractivity contribution is 7.93. The van der Waals surface area contributed by atoms with Crippen molar-refractivity contribution in [1.29, 1.82) is 0 Å². The van der Waals surface area contributed by atoms with Gasteiger partial charge in [-0.15, -0.1) is 5.10 Å². The Bertz CT molecular complexity index is 418. The Balaban J connectivity index is 2.28. The Labute approximate surface area is 88.0 Å². The van der Waals surface area contributed by atoms with Crippen LogP contribution >= 0.6 is 0 Å². The minimum absolute atomic E-state index is 0.174. The van der Waals surface area contributed by atoms with E-state index >= 15 is 0 Å². The van der Waals surface area contributed by atoms with E-state index in [0.29, 0.717) is 5.69 Å². The lowest BCUT2D eigenvalue weighted by atomic mass is 10.3. The van der Waals surface area contributed by atoms with Crippen LogP contribution in [0.15, 0.2) is 6.20 Å². The standard InChI is InChI=1S/C7H8N4O3S/c1-11-2-4(9-10-11)6-7(13)8-5(12)3-15(6)14/h2,6H,3H2,1H3,(H,8,12,13). The van der Waals surface area contributed by atoms with Crippen LogP contribution in [0.25, 0.3) is 0 Å². The number of nitrogens with zero attached hydrogens (tertiary/aromatic N) is 3. The smallest absolute Gasteiger partial charge is 0.286 e. The highest BCUT2D eigenvalue weighted by atomic mass is 32.2. The molecule has 0 aromatic carbocycles. The van der Waals surface area contributed by atoms with Crippen LogP contribution in [0.2, 0.25) is 0 Å². The van der Waals surface area contributed by atoms with Gasteiger partial charge in [0.05, 0.1) is 6.20 Å². The first-order valence-corrected chi connectivity index (χ1v) is 5.53. The summed E-state index contributed by atoms with van der Waals surface area (Å²) in [6.45, 7) is 0. The van der Waals surface area contributed by atoms with E-state index in [1.807, 2.05) is 0 Å². The normalized spacial score (nSPS) is 26.5. The summed E-state index contributed by atoms with van der Waals surface area (Å²) in [7, 11) is 1.64. The lowest BCUT2D eigenvalue weighted by Gasteiger charge is -2.22. The van der Waals surface area contributed by atoms with E-state index < -0.39 is 28.2 Å². The minimum atomic E-state index is -1.55. The second kappa shape index (κ2) is 3.63. The Hall–Kier alpha value is -1.41. The van der Waals surface area contributed by atoms with Crippen LogP contribution in [-0.2, 0) is 27.8 Å². The summed E-state index contributed by atoms with van der Waals surface area (Å²) < 4.78 is 13.0. The van der Waals surface area contributed by atoms with Crippen molar-refractivity contribution in [3.05, 3.63) is 11.9 Å². The average molecular weight is 228 g/mol. The maximum atomic E-state index is 11.6. The molecule has 2 unspecified atom stereocenters. The summed E-state index contributed by atoms with van der Waals surface area (Å²) in [5.74, 6) is -1.27. The Morgan fingerprint density at radius 2 is 2.40 bits per heavy atom. The van der Waals surface area contributed by atoms with Crippen molar-refractivity contribution in [3.63, 3.8) is 0 Å². The van der Waals surface area contributed by atoms with Gasteiger partial charge >= 0.3 is 0 Å². The Morgan fingerprint density at radius 1 is 1.67 bits per heavy atom. The predicted octanol–water partition coefficient (Wildman–Crippen LogP) is -1.74. The van der Waals surface area contributed by atoms with Crippen LogP contribution in [0.4, 0.5) is 0 Å². The summed E-state index contributed by atoms with van der Waals surface area (Å²) in [5.41, 5.74) is 0.320. The van der Waals surface area contributed by atoms with Crippen molar-refractivity contribution in [2.45, 2.75) is 5.25 Å². The third-order valence-electron chi connectivity index (χ3n) is 1.93. The van der Waals surface area contributed by atoms with E-state index in [9.17, 15) is 14.1 Å². The molecule has 1 N–H and O–H groups in total. The fourth-order valence-corrected chi connectivity index (χ4v) is 2.50. The molecule has 0 radical (unpaired) electrons. The monoisotopic (exact) mass is 228 g/mol. The minimum Gasteiger partial charge on any atom is -0.615 e. The van der Waals surface area contributed by atoms with E-state index in [1.54, 1.807) is 7.05 Å². The maximum Gasteiger partial charge on any atom is 0.286 e. The number of nitrogens with one attached hydrogen (secondary N) is 1. The number of hydrogen-bond acceptors (Lipinski definition) is 5. The number of hydrogen-bond donors (Lipinski definition) is 1. The number of aromatic nitrogens is 3. The number of rotatable bonds is 1. The number of amides is 2. The number of carbonyl (C=O) groups is 2. The van der Waals surface area contributed by atoms with Crippen LogP contribution in [-0.4, -0.2) is 37.1 Å². The highest BCUT2D eigenvalue weighted by Gasteiger charge is 2.41. The fourth-order valence-electron chi connectivity index (χ4n) is 1.33. The molecule has 1 saturated heterocycles. The first-order chi connectivity index (χ1) is 7.08. The van der Waals surface area contributed by atoms with Crippen molar-refractivity contribution < 1.29 is 14.1 Å². The molecule has 1 aromatic heterocycles. The first-order valence-electron chi connectivity index (χ1n) is 4.15. The largest absolute Gasteiger partial charge is 0.615 e. The van der Waals surface area contributed by atoms with Gasteiger partial charge in [-0.3, -0.25) is 19.6 Å². The summed E-state index contributed by atoms with van der Waals surface area (Å²) in [4.78, 5) is 22.3. The zero-order valence-corrected chi connectivity index (χ0v) is 8.65. The molecular formula is C7H8N4O3S. The predicted molar refractivity (Wildman–Crippen MR) is 49.9 cm³/mol. The van der Waals surface area contributed by atoms with Gasteiger partial charge in [-0.2, -0.15) is 0 Å². The van der Waals surface area contributed by atoms with Gasteiger partial charge in [0.2, 0.25) is 5.25 Å². The molecule has 1 aliphatic rings. The van der Waals surface area contributed by atoms with Gasteiger partial charge in [0.15, 0.2) is 5.75 Å². The molecule has 15 heavy (non-hydrogen) atoms. The van der Waals surface area contributed by atoms with Gasteiger partial charge in [0, 0.05) is 7.05 Å². The summed E-state index contributed by atoms with van der Waals surface area (Å²) in [6, 6.07) is 0. The van der Waals surface area contributed by atoms with Gasteiger partial charge in [-0.25, -0.2) is 0 Å². The molecule has 80 valence electrons. The van der Waals surface area contributed by atoms with Gasteiger partial charge in [-0.1, -0.05) is 5.21 Å². The topological polar surface area (TPSA) is 99.9 Å². The van der Waals surface area contributed by atoms with E-state index in [1.165, 1.54) is 10.9 Å². The van der Waals surface area contributed by atoms with Crippen molar-refractivity contribution in [1.82, 2.24) is 20.3 Å². The SMILES string of the molecule is Cn1cc(C2C(=O)NC(=O)C[S+]2[O-])nn1. The second-order valence-corrected chi connectivity index (χ2v) is 4.66. The van der Waals surface area contributed by atoms with Crippen LogP contribution in [0.3, 0.4) is 0 Å². The van der Waals surface area contributed by atoms with E-state index in [0.717, 1.165) is 0 Å². The lowest BCUT2D eigenvalue weighted by molar-refractivity contribution is -0.129.